The number of rotatable bonds is 36. The van der Waals surface area contributed by atoms with Gasteiger partial charge in [-0.15, -0.1) is 0 Å². The number of nitrogens with one attached hydrogen (secondary N) is 1. The molecule has 23 heteroatoms. The maximum Gasteiger partial charge on any atom is 0.429 e. The Bertz CT molecular complexity index is 5070. The first-order chi connectivity index (χ1) is 53.8. The van der Waals surface area contributed by atoms with Crippen molar-refractivity contribution in [3.8, 4) is 34.8 Å². The van der Waals surface area contributed by atoms with E-state index in [2.05, 4.69) is 43.2 Å². The lowest BCUT2D eigenvalue weighted by atomic mass is 10.0. The van der Waals surface area contributed by atoms with Gasteiger partial charge in [0.2, 0.25) is 11.5 Å². The molecular formula is C88H79F4N3O12S4. The fourth-order valence-corrected chi connectivity index (χ4v) is 17.8. The molecule has 0 unspecified atom stereocenters. The highest BCUT2D eigenvalue weighted by Gasteiger charge is 2.46. The van der Waals surface area contributed by atoms with Gasteiger partial charge in [-0.1, -0.05) is 185 Å². The first-order valence-corrected chi connectivity index (χ1v) is 39.8. The van der Waals surface area contributed by atoms with Crippen LogP contribution in [0.3, 0.4) is 0 Å². The summed E-state index contributed by atoms with van der Waals surface area (Å²) in [5.74, 6) is -7.32. The zero-order chi connectivity index (χ0) is 78.6. The van der Waals surface area contributed by atoms with E-state index in [4.69, 9.17) is 39.7 Å². The number of ether oxygens (including phenoxy) is 7. The van der Waals surface area contributed by atoms with Crippen LogP contribution in [-0.4, -0.2) is 56.2 Å². The number of aryl methyl sites for hydroxylation is 4. The first kappa shape index (κ1) is 81.3. The molecule has 0 radical (unpaired) electrons. The highest BCUT2D eigenvalue weighted by atomic mass is 32.2. The summed E-state index contributed by atoms with van der Waals surface area (Å²) in [7, 11) is 0. The van der Waals surface area contributed by atoms with Crippen molar-refractivity contribution in [2.45, 2.75) is 143 Å². The molecule has 0 atom stereocenters. The van der Waals surface area contributed by atoms with Crippen LogP contribution in [0.2, 0.25) is 0 Å². The van der Waals surface area contributed by atoms with Crippen molar-refractivity contribution in [2.24, 2.45) is 0 Å². The Kier molecular flexibility index (Phi) is 28.4. The molecule has 0 spiro atoms. The average Bonchev–Trinajstić information content (AvgIpc) is 1.58. The maximum absolute atomic E-state index is 17.6. The van der Waals surface area contributed by atoms with Gasteiger partial charge in [0.05, 0.1) is 68.0 Å². The molecule has 15 nitrogen and oxygen atoms in total. The molecule has 0 saturated carbocycles. The third kappa shape index (κ3) is 20.9. The highest BCUT2D eigenvalue weighted by molar-refractivity contribution is 8.26. The number of hydrogen-bond donors (Lipinski definition) is 1. The monoisotopic (exact) mass is 1570 g/mol. The van der Waals surface area contributed by atoms with E-state index >= 15 is 22.4 Å². The second-order valence-electron chi connectivity index (χ2n) is 26.2. The van der Waals surface area contributed by atoms with Gasteiger partial charge in [-0.2, -0.15) is 18.4 Å². The Morgan fingerprint density at radius 2 is 1.08 bits per heavy atom. The Morgan fingerprint density at radius 3 is 1.69 bits per heavy atom. The van der Waals surface area contributed by atoms with Crippen molar-refractivity contribution < 1.29 is 74.7 Å². The molecular weight excluding hydrogens is 1500 g/mol. The average molecular weight is 1570 g/mol. The standard InChI is InChI=1S/C88H79F4N3O12S4/c1-7-11-15-20-55-22-28-58(29-23-55)68(53-93)86-108-80-75(84(99)95-65-37-41-70(54(5)48-65)106-85(100)64-34-33-63-52-67(39-36-61(63)50-64)102-46-19-47-104-73(97)10-4)81-83(111-87(109-81)78(94-6)59-30-24-56(25-31-59)21-16-12-8-2)79(82(80)110-86)107-88(91,92)69-40-42-71(77(90)76(69)89)105-74(98)43-27-57-26-32-62-51-66(38-35-60(62)49-57)101-44-17-13-14-18-45-103-72(96)9-3/h9-10,22-26,28-42,48-52H,3-4,7-8,11-21,27,43-47H2,1-2,5H3,(H,95,99)/b86-68+,87-78+. The third-order valence-electron chi connectivity index (χ3n) is 18.2. The quantitative estimate of drug-likeness (QED) is 0.00741. The molecule has 111 heavy (non-hydrogen) atoms. The van der Waals surface area contributed by atoms with Gasteiger partial charge in [0.15, 0.2) is 17.3 Å². The van der Waals surface area contributed by atoms with Crippen LogP contribution >= 0.6 is 47.0 Å². The van der Waals surface area contributed by atoms with E-state index < -0.39 is 64.6 Å². The van der Waals surface area contributed by atoms with Crippen LogP contribution in [-0.2, 0) is 49.2 Å². The molecule has 570 valence electrons. The minimum absolute atomic E-state index is 0.0315. The number of allylic oxidation sites excluding steroid dienone is 1. The Balaban J connectivity index is 0.871. The molecule has 0 saturated heterocycles. The summed E-state index contributed by atoms with van der Waals surface area (Å²) in [6, 6.07) is 44.8. The molecule has 0 aromatic heterocycles. The molecule has 1 amide bonds. The lowest BCUT2D eigenvalue weighted by molar-refractivity contribution is -0.190. The highest BCUT2D eigenvalue weighted by Crippen LogP contribution is 2.68. The third-order valence-corrected chi connectivity index (χ3v) is 23.4. The topological polar surface area (TPSA) is 190 Å². The van der Waals surface area contributed by atoms with Crippen LogP contribution in [0.5, 0.6) is 28.7 Å². The summed E-state index contributed by atoms with van der Waals surface area (Å²) in [5.41, 5.74) is 3.49. The number of alkyl halides is 2. The smallest absolute Gasteiger partial charge is 0.429 e. The van der Waals surface area contributed by atoms with E-state index in [0.29, 0.717) is 69.0 Å². The molecule has 9 aromatic carbocycles. The van der Waals surface area contributed by atoms with Gasteiger partial charge in [-0.05, 0) is 186 Å². The summed E-state index contributed by atoms with van der Waals surface area (Å²) < 4.78 is 108. The Labute approximate surface area is 659 Å². The lowest BCUT2D eigenvalue weighted by Crippen LogP contribution is -2.25. The fourth-order valence-electron chi connectivity index (χ4n) is 12.3. The largest absolute Gasteiger partial charge is 0.494 e. The first-order valence-electron chi connectivity index (χ1n) is 36.5. The number of hydrogen-bond acceptors (Lipinski definition) is 17. The van der Waals surface area contributed by atoms with Crippen LogP contribution in [0, 0.1) is 36.5 Å². The van der Waals surface area contributed by atoms with E-state index in [1.165, 1.54) is 12.1 Å². The minimum Gasteiger partial charge on any atom is -0.494 e. The molecule has 2 aliphatic heterocycles. The minimum atomic E-state index is -4.70. The number of thioether (sulfide) groups is 4. The van der Waals surface area contributed by atoms with Crippen LogP contribution < -0.4 is 29.0 Å². The Morgan fingerprint density at radius 1 is 0.550 bits per heavy atom. The van der Waals surface area contributed by atoms with Gasteiger partial charge < -0.3 is 38.5 Å². The number of carbonyl (C=O) groups is 5. The van der Waals surface area contributed by atoms with Crippen molar-refractivity contribution in [3.63, 3.8) is 0 Å². The van der Waals surface area contributed by atoms with Crippen LogP contribution in [0.25, 0.3) is 37.7 Å². The summed E-state index contributed by atoms with van der Waals surface area (Å²) in [6.45, 7) is 22.6. The summed E-state index contributed by atoms with van der Waals surface area (Å²) >= 11 is 3.72. The van der Waals surface area contributed by atoms with E-state index in [-0.39, 0.29) is 72.9 Å². The fraction of sp³-hybridized carbons (Fsp3) is 0.261. The Hall–Kier alpha value is -10.7. The van der Waals surface area contributed by atoms with Gasteiger partial charge in [-0.3, -0.25) is 9.59 Å². The number of fused-ring (bicyclic) bond motifs is 4. The maximum atomic E-state index is 17.6. The van der Waals surface area contributed by atoms with Crippen molar-refractivity contribution >= 4 is 115 Å². The predicted octanol–water partition coefficient (Wildman–Crippen LogP) is 22.9. The van der Waals surface area contributed by atoms with E-state index in [1.54, 1.807) is 55.5 Å². The van der Waals surface area contributed by atoms with Gasteiger partial charge in [-0.25, -0.2) is 23.6 Å². The molecule has 0 bridgehead atoms. The number of carbonyl (C=O) groups excluding carboxylic acids is 5. The van der Waals surface area contributed by atoms with Crippen molar-refractivity contribution in [3.05, 3.63) is 259 Å². The molecule has 9 aromatic rings. The number of esters is 4. The molecule has 2 heterocycles. The molecule has 1 N–H and O–H groups in total. The number of benzene rings is 9. The number of amides is 1. The van der Waals surface area contributed by atoms with Gasteiger partial charge in [0.25, 0.3) is 5.91 Å². The van der Waals surface area contributed by atoms with Gasteiger partial charge >= 0.3 is 30.0 Å². The predicted molar refractivity (Wildman–Crippen MR) is 428 cm³/mol. The second kappa shape index (κ2) is 38.8. The number of anilines is 1. The zero-order valence-electron chi connectivity index (χ0n) is 61.4. The van der Waals surface area contributed by atoms with E-state index in [1.807, 2.05) is 78.9 Å². The summed E-state index contributed by atoms with van der Waals surface area (Å²) in [6.07, 6.45) is 8.79. The van der Waals surface area contributed by atoms with Gasteiger partial charge in [0.1, 0.15) is 28.9 Å². The van der Waals surface area contributed by atoms with E-state index in [9.17, 15) is 24.4 Å². The van der Waals surface area contributed by atoms with E-state index in [0.717, 1.165) is 181 Å². The van der Waals surface area contributed by atoms with Crippen molar-refractivity contribution in [1.82, 2.24) is 0 Å². The van der Waals surface area contributed by atoms with Crippen LogP contribution in [0.1, 0.15) is 151 Å². The van der Waals surface area contributed by atoms with Crippen LogP contribution in [0.15, 0.2) is 205 Å². The molecule has 2 aliphatic rings. The summed E-state index contributed by atoms with van der Waals surface area (Å²) in [5, 5.41) is 17.3. The number of unbranched alkanes of at least 4 members (excludes halogenated alkanes) is 7. The van der Waals surface area contributed by atoms with Crippen molar-refractivity contribution in [1.29, 1.82) is 5.26 Å². The molecule has 0 aliphatic carbocycles. The van der Waals surface area contributed by atoms with Crippen molar-refractivity contribution in [2.75, 3.05) is 31.7 Å². The summed E-state index contributed by atoms with van der Waals surface area (Å²) in [4.78, 5) is 69.4. The van der Waals surface area contributed by atoms with Gasteiger partial charge in [0, 0.05) is 40.5 Å². The van der Waals surface area contributed by atoms with Crippen LogP contribution in [0.4, 0.5) is 23.2 Å². The zero-order valence-corrected chi connectivity index (χ0v) is 64.6. The normalized spacial score (nSPS) is 13.1. The molecule has 0 fully saturated rings. The number of nitrogens with zero attached hydrogens (tertiary/aromatic N) is 2. The SMILES string of the molecule is [C-]#[N+]/C(=C1/Sc2c(OC(F)(F)c3ccc(OC(=O)CCc4ccc5cc(OCCCCCCOC(=O)C=C)ccc5c4)c(F)c3F)c3c(c(C(=O)Nc4ccc(OC(=O)c5ccc6cc(OCCCOC(=O)C=C)ccc6c5)c(C)c4)c2S1)S/C(=C(/C#N)c1ccc(CCCCC)cc1)S3)c1ccc(CCCCC)cc1. The number of halogens is 4. The lowest BCUT2D eigenvalue weighted by Gasteiger charge is -2.23. The number of nitriles is 1. The second-order valence-corrected chi connectivity index (χ2v) is 30.8. The molecule has 11 rings (SSSR count).